The van der Waals surface area contributed by atoms with E-state index in [0.29, 0.717) is 17.8 Å². The maximum absolute atomic E-state index is 12.3. The Morgan fingerprint density at radius 2 is 1.80 bits per heavy atom. The Morgan fingerprint density at radius 3 is 2.40 bits per heavy atom. The molecule has 0 spiro atoms. The number of carbonyl (C=O) groups is 2. The van der Waals surface area contributed by atoms with Crippen molar-refractivity contribution in [2.24, 2.45) is 0 Å². The van der Waals surface area contributed by atoms with Gasteiger partial charge in [-0.1, -0.05) is 12.1 Å². The molecule has 1 fully saturated rings. The summed E-state index contributed by atoms with van der Waals surface area (Å²) >= 11 is 0. The predicted octanol–water partition coefficient (Wildman–Crippen LogP) is 2.57. The van der Waals surface area contributed by atoms with Gasteiger partial charge in [-0.15, -0.1) is 0 Å². The molecule has 25 heavy (non-hydrogen) atoms. The topological polar surface area (TPSA) is 74.3 Å². The van der Waals surface area contributed by atoms with Gasteiger partial charge in [-0.05, 0) is 42.7 Å². The molecule has 2 N–H and O–H groups in total. The van der Waals surface area contributed by atoms with Gasteiger partial charge in [-0.3, -0.25) is 9.59 Å². The molecular weight excluding hydrogens is 316 g/mol. The zero-order valence-electron chi connectivity index (χ0n) is 14.3. The highest BCUT2D eigenvalue weighted by Gasteiger charge is 2.13. The molecule has 6 heteroatoms. The van der Waals surface area contributed by atoms with Crippen LogP contribution in [0.15, 0.2) is 42.6 Å². The van der Waals surface area contributed by atoms with Crippen molar-refractivity contribution in [3.05, 3.63) is 53.7 Å². The van der Waals surface area contributed by atoms with Gasteiger partial charge in [0.05, 0.1) is 11.9 Å². The molecule has 3 rings (SSSR count). The van der Waals surface area contributed by atoms with Gasteiger partial charge in [-0.2, -0.15) is 0 Å². The first-order valence-electron chi connectivity index (χ1n) is 8.47. The average Bonchev–Trinajstić information content (AvgIpc) is 3.15. The fourth-order valence-corrected chi connectivity index (χ4v) is 2.80. The van der Waals surface area contributed by atoms with Crippen LogP contribution in [0.4, 0.5) is 11.5 Å². The Balaban J connectivity index is 1.58. The van der Waals surface area contributed by atoms with Crippen LogP contribution in [0, 0.1) is 0 Å². The van der Waals surface area contributed by atoms with Crippen LogP contribution in [0.25, 0.3) is 0 Å². The molecule has 6 nitrogen and oxygen atoms in total. The second-order valence-corrected chi connectivity index (χ2v) is 6.16. The van der Waals surface area contributed by atoms with Crippen molar-refractivity contribution in [1.82, 2.24) is 10.3 Å². The number of pyridine rings is 1. The molecule has 2 heterocycles. The monoisotopic (exact) mass is 338 g/mol. The van der Waals surface area contributed by atoms with Crippen LogP contribution in [0.2, 0.25) is 0 Å². The summed E-state index contributed by atoms with van der Waals surface area (Å²) < 4.78 is 0. The SMILES string of the molecule is CC(=O)NCc1ccc(C(=O)Nc2ccc(N3CCCC3)nc2)cc1. The maximum Gasteiger partial charge on any atom is 0.255 e. The molecule has 0 aliphatic carbocycles. The highest BCUT2D eigenvalue weighted by atomic mass is 16.2. The smallest absolute Gasteiger partial charge is 0.255 e. The highest BCUT2D eigenvalue weighted by Crippen LogP contribution is 2.19. The third-order valence-electron chi connectivity index (χ3n) is 4.19. The highest BCUT2D eigenvalue weighted by molar-refractivity contribution is 6.04. The van der Waals surface area contributed by atoms with Crippen LogP contribution in [-0.4, -0.2) is 29.9 Å². The summed E-state index contributed by atoms with van der Waals surface area (Å²) in [5.41, 5.74) is 2.19. The van der Waals surface area contributed by atoms with Gasteiger partial charge < -0.3 is 15.5 Å². The lowest BCUT2D eigenvalue weighted by atomic mass is 10.1. The van der Waals surface area contributed by atoms with E-state index < -0.39 is 0 Å². The maximum atomic E-state index is 12.3. The van der Waals surface area contributed by atoms with E-state index in [1.54, 1.807) is 18.3 Å². The van der Waals surface area contributed by atoms with E-state index in [0.717, 1.165) is 24.5 Å². The van der Waals surface area contributed by atoms with Crippen molar-refractivity contribution in [3.63, 3.8) is 0 Å². The molecule has 1 aliphatic rings. The number of amides is 2. The molecule has 0 saturated carbocycles. The fraction of sp³-hybridized carbons (Fsp3) is 0.316. The number of nitrogens with one attached hydrogen (secondary N) is 2. The van der Waals surface area contributed by atoms with Gasteiger partial charge in [-0.25, -0.2) is 4.98 Å². The summed E-state index contributed by atoms with van der Waals surface area (Å²) in [6.07, 6.45) is 4.10. The minimum atomic E-state index is -0.179. The molecule has 1 saturated heterocycles. The molecule has 2 amide bonds. The second kappa shape index (κ2) is 7.79. The lowest BCUT2D eigenvalue weighted by molar-refractivity contribution is -0.119. The van der Waals surface area contributed by atoms with Gasteiger partial charge >= 0.3 is 0 Å². The molecule has 1 aromatic heterocycles. The number of carbonyl (C=O) groups excluding carboxylic acids is 2. The van der Waals surface area contributed by atoms with E-state index in [1.165, 1.54) is 19.8 Å². The Bertz CT molecular complexity index is 735. The number of rotatable bonds is 5. The van der Waals surface area contributed by atoms with E-state index in [-0.39, 0.29) is 11.8 Å². The fourth-order valence-electron chi connectivity index (χ4n) is 2.80. The Morgan fingerprint density at radius 1 is 1.08 bits per heavy atom. The second-order valence-electron chi connectivity index (χ2n) is 6.16. The molecule has 0 bridgehead atoms. The minimum absolute atomic E-state index is 0.0771. The number of benzene rings is 1. The van der Waals surface area contributed by atoms with Crippen molar-refractivity contribution in [3.8, 4) is 0 Å². The molecule has 0 unspecified atom stereocenters. The number of hydrogen-bond donors (Lipinski definition) is 2. The Labute approximate surface area is 147 Å². The summed E-state index contributed by atoms with van der Waals surface area (Å²) in [5, 5.41) is 5.58. The Hall–Kier alpha value is -2.89. The number of anilines is 2. The lowest BCUT2D eigenvalue weighted by Gasteiger charge is -2.16. The number of hydrogen-bond acceptors (Lipinski definition) is 4. The minimum Gasteiger partial charge on any atom is -0.357 e. The molecule has 0 radical (unpaired) electrons. The first-order chi connectivity index (χ1) is 12.1. The van der Waals surface area contributed by atoms with Gasteiger partial charge in [0.15, 0.2) is 0 Å². The van der Waals surface area contributed by atoms with E-state index in [2.05, 4.69) is 20.5 Å². The van der Waals surface area contributed by atoms with Gasteiger partial charge in [0.2, 0.25) is 5.91 Å². The van der Waals surface area contributed by atoms with Crippen molar-refractivity contribution >= 4 is 23.3 Å². The quantitative estimate of drug-likeness (QED) is 0.879. The Kier molecular flexibility index (Phi) is 5.28. The first-order valence-corrected chi connectivity index (χ1v) is 8.47. The van der Waals surface area contributed by atoms with Crippen molar-refractivity contribution in [2.45, 2.75) is 26.3 Å². The third kappa shape index (κ3) is 4.56. The van der Waals surface area contributed by atoms with Crippen molar-refractivity contribution < 1.29 is 9.59 Å². The summed E-state index contributed by atoms with van der Waals surface area (Å²) in [5.74, 6) is 0.700. The van der Waals surface area contributed by atoms with E-state index in [4.69, 9.17) is 0 Å². The zero-order valence-corrected chi connectivity index (χ0v) is 14.3. The number of aromatic nitrogens is 1. The van der Waals surface area contributed by atoms with Crippen LogP contribution < -0.4 is 15.5 Å². The summed E-state index contributed by atoms with van der Waals surface area (Å²) in [6, 6.07) is 11.0. The lowest BCUT2D eigenvalue weighted by Crippen LogP contribution is -2.19. The normalized spacial score (nSPS) is 13.6. The molecule has 0 atom stereocenters. The van der Waals surface area contributed by atoms with Crippen LogP contribution in [-0.2, 0) is 11.3 Å². The molecule has 130 valence electrons. The van der Waals surface area contributed by atoms with Gasteiger partial charge in [0.1, 0.15) is 5.82 Å². The van der Waals surface area contributed by atoms with Crippen molar-refractivity contribution in [1.29, 1.82) is 0 Å². The number of nitrogens with zero attached hydrogens (tertiary/aromatic N) is 2. The van der Waals surface area contributed by atoms with E-state index in [9.17, 15) is 9.59 Å². The van der Waals surface area contributed by atoms with Crippen LogP contribution in [0.5, 0.6) is 0 Å². The zero-order chi connectivity index (χ0) is 17.6. The summed E-state index contributed by atoms with van der Waals surface area (Å²) in [7, 11) is 0. The summed E-state index contributed by atoms with van der Waals surface area (Å²) in [4.78, 5) is 29.9. The van der Waals surface area contributed by atoms with Crippen molar-refractivity contribution in [2.75, 3.05) is 23.3 Å². The van der Waals surface area contributed by atoms with Crippen LogP contribution in [0.3, 0.4) is 0 Å². The molecular formula is C19H22N4O2. The standard InChI is InChI=1S/C19H22N4O2/c1-14(24)20-12-15-4-6-16(7-5-15)19(25)22-17-8-9-18(21-13-17)23-10-2-3-11-23/h4-9,13H,2-3,10-12H2,1H3,(H,20,24)(H,22,25). The molecule has 1 aromatic carbocycles. The predicted molar refractivity (Wildman–Crippen MR) is 97.6 cm³/mol. The van der Waals surface area contributed by atoms with E-state index >= 15 is 0 Å². The first kappa shape index (κ1) is 17.0. The largest absolute Gasteiger partial charge is 0.357 e. The van der Waals surface area contributed by atoms with Gasteiger partial charge in [0, 0.05) is 32.1 Å². The van der Waals surface area contributed by atoms with Crippen LogP contribution in [0.1, 0.15) is 35.7 Å². The molecule has 1 aliphatic heterocycles. The van der Waals surface area contributed by atoms with E-state index in [1.807, 2.05) is 24.3 Å². The average molecular weight is 338 g/mol. The van der Waals surface area contributed by atoms with Crippen LogP contribution >= 0.6 is 0 Å². The summed E-state index contributed by atoms with van der Waals surface area (Å²) in [6.45, 7) is 4.02. The molecule has 2 aromatic rings. The third-order valence-corrected chi connectivity index (χ3v) is 4.19. The van der Waals surface area contributed by atoms with Gasteiger partial charge in [0.25, 0.3) is 5.91 Å².